The van der Waals surface area contributed by atoms with Gasteiger partial charge in [-0.05, 0) is 25.7 Å². The summed E-state index contributed by atoms with van der Waals surface area (Å²) < 4.78 is 2.64. The molecule has 1 aliphatic rings. The Hall–Kier alpha value is -1.36. The Labute approximate surface area is 126 Å². The number of hydrogen-bond acceptors (Lipinski definition) is 3. The lowest BCUT2D eigenvalue weighted by Gasteiger charge is -2.23. The Kier molecular flexibility index (Phi) is 5.39. The van der Waals surface area contributed by atoms with Crippen molar-refractivity contribution in [1.29, 1.82) is 0 Å². The van der Waals surface area contributed by atoms with Crippen LogP contribution in [0.2, 0.25) is 0 Å². The largest absolute Gasteiger partial charge is 0.330 e. The van der Waals surface area contributed by atoms with Crippen LogP contribution in [0.25, 0.3) is 0 Å². The van der Waals surface area contributed by atoms with Gasteiger partial charge in [0.15, 0.2) is 0 Å². The molecule has 1 heterocycles. The SMILES string of the molecule is C[C@H](NCc1cn(C)c(=O)n(C)c1=O)C1CCCCCC1. The molecule has 5 nitrogen and oxygen atoms in total. The van der Waals surface area contributed by atoms with Gasteiger partial charge < -0.3 is 9.88 Å². The van der Waals surface area contributed by atoms with Crippen molar-refractivity contribution < 1.29 is 0 Å². The van der Waals surface area contributed by atoms with E-state index in [1.165, 1.54) is 54.7 Å². The zero-order valence-corrected chi connectivity index (χ0v) is 13.4. The van der Waals surface area contributed by atoms with Gasteiger partial charge in [0.2, 0.25) is 0 Å². The van der Waals surface area contributed by atoms with Crippen LogP contribution < -0.4 is 16.6 Å². The van der Waals surface area contributed by atoms with Crippen molar-refractivity contribution in [3.63, 3.8) is 0 Å². The summed E-state index contributed by atoms with van der Waals surface area (Å²) in [5, 5.41) is 3.48. The topological polar surface area (TPSA) is 56.0 Å². The average Bonchev–Trinajstić information content (AvgIpc) is 2.76. The highest BCUT2D eigenvalue weighted by Crippen LogP contribution is 2.25. The fourth-order valence-corrected chi connectivity index (χ4v) is 3.25. The van der Waals surface area contributed by atoms with Gasteiger partial charge in [0.05, 0.1) is 0 Å². The van der Waals surface area contributed by atoms with Gasteiger partial charge in [-0.2, -0.15) is 0 Å². The summed E-state index contributed by atoms with van der Waals surface area (Å²) in [6, 6.07) is 0.407. The second-order valence-corrected chi connectivity index (χ2v) is 6.33. The van der Waals surface area contributed by atoms with Crippen molar-refractivity contribution in [2.24, 2.45) is 20.0 Å². The van der Waals surface area contributed by atoms with E-state index in [9.17, 15) is 9.59 Å². The molecule has 118 valence electrons. The highest BCUT2D eigenvalue weighted by molar-refractivity contribution is 5.05. The van der Waals surface area contributed by atoms with Gasteiger partial charge in [0.1, 0.15) is 0 Å². The Balaban J connectivity index is 2.02. The monoisotopic (exact) mass is 293 g/mol. The molecule has 0 amide bonds. The van der Waals surface area contributed by atoms with E-state index < -0.39 is 0 Å². The summed E-state index contributed by atoms with van der Waals surface area (Å²) in [4.78, 5) is 23.8. The lowest BCUT2D eigenvalue weighted by Crippen LogP contribution is -2.41. The predicted molar refractivity (Wildman–Crippen MR) is 84.4 cm³/mol. The molecule has 1 aromatic heterocycles. The first-order valence-electron chi connectivity index (χ1n) is 7.99. The zero-order valence-electron chi connectivity index (χ0n) is 13.4. The van der Waals surface area contributed by atoms with E-state index in [0.717, 1.165) is 0 Å². The minimum Gasteiger partial charge on any atom is -0.310 e. The van der Waals surface area contributed by atoms with E-state index in [-0.39, 0.29) is 11.2 Å². The van der Waals surface area contributed by atoms with Crippen LogP contribution in [0.4, 0.5) is 0 Å². The number of nitrogens with one attached hydrogen (secondary N) is 1. The Morgan fingerprint density at radius 2 is 1.81 bits per heavy atom. The van der Waals surface area contributed by atoms with Gasteiger partial charge >= 0.3 is 5.69 Å². The van der Waals surface area contributed by atoms with Crippen LogP contribution in [-0.4, -0.2) is 15.2 Å². The van der Waals surface area contributed by atoms with E-state index in [1.807, 2.05) is 0 Å². The number of nitrogens with zero attached hydrogens (tertiary/aromatic N) is 2. The molecule has 0 spiro atoms. The average molecular weight is 293 g/mol. The van der Waals surface area contributed by atoms with Crippen LogP contribution >= 0.6 is 0 Å². The summed E-state index contributed by atoms with van der Waals surface area (Å²) in [5.41, 5.74) is 0.180. The standard InChI is InChI=1S/C16H27N3O2/c1-12(13-8-6-4-5-7-9-13)17-10-14-11-18(2)16(21)19(3)15(14)20/h11-13,17H,4-10H2,1-3H3/t12-/m0/s1. The molecule has 0 radical (unpaired) electrons. The maximum absolute atomic E-state index is 12.1. The predicted octanol–water partition coefficient (Wildman–Crippen LogP) is 1.53. The molecule has 0 saturated heterocycles. The van der Waals surface area contributed by atoms with Crippen LogP contribution in [0, 0.1) is 5.92 Å². The van der Waals surface area contributed by atoms with Crippen molar-refractivity contribution in [1.82, 2.24) is 14.5 Å². The molecule has 0 aromatic carbocycles. The molecular formula is C16H27N3O2. The van der Waals surface area contributed by atoms with E-state index in [0.29, 0.717) is 24.1 Å². The van der Waals surface area contributed by atoms with Gasteiger partial charge in [0, 0.05) is 38.4 Å². The van der Waals surface area contributed by atoms with Gasteiger partial charge in [0.25, 0.3) is 5.56 Å². The van der Waals surface area contributed by atoms with Gasteiger partial charge in [-0.1, -0.05) is 25.7 Å². The third-order valence-electron chi connectivity index (χ3n) is 4.74. The molecule has 1 aliphatic carbocycles. The second kappa shape index (κ2) is 7.07. The number of hydrogen-bond donors (Lipinski definition) is 1. The summed E-state index contributed by atoms with van der Waals surface area (Å²) in [7, 11) is 3.21. The normalized spacial score (nSPS) is 18.4. The Bertz CT molecular complexity index is 580. The fraction of sp³-hybridized carbons (Fsp3) is 0.750. The zero-order chi connectivity index (χ0) is 15.4. The Morgan fingerprint density at radius 3 is 2.43 bits per heavy atom. The van der Waals surface area contributed by atoms with Crippen molar-refractivity contribution in [3.05, 3.63) is 32.6 Å². The lowest BCUT2D eigenvalue weighted by atomic mass is 9.93. The third kappa shape index (κ3) is 3.84. The quantitative estimate of drug-likeness (QED) is 0.857. The van der Waals surface area contributed by atoms with Gasteiger partial charge in [-0.15, -0.1) is 0 Å². The Morgan fingerprint density at radius 1 is 1.19 bits per heavy atom. The third-order valence-corrected chi connectivity index (χ3v) is 4.74. The summed E-state index contributed by atoms with van der Waals surface area (Å²) >= 11 is 0. The lowest BCUT2D eigenvalue weighted by molar-refractivity contribution is 0.335. The van der Waals surface area contributed by atoms with E-state index in [4.69, 9.17) is 0 Å². The fourth-order valence-electron chi connectivity index (χ4n) is 3.25. The highest BCUT2D eigenvalue weighted by Gasteiger charge is 2.19. The molecule has 21 heavy (non-hydrogen) atoms. The molecule has 2 rings (SSSR count). The molecule has 0 aliphatic heterocycles. The maximum atomic E-state index is 12.1. The molecule has 0 unspecified atom stereocenters. The molecule has 1 N–H and O–H groups in total. The molecule has 0 bridgehead atoms. The van der Waals surface area contributed by atoms with Crippen molar-refractivity contribution in [2.45, 2.75) is 58.0 Å². The summed E-state index contributed by atoms with van der Waals surface area (Å²) in [6.45, 7) is 2.74. The van der Waals surface area contributed by atoms with Crippen LogP contribution in [0.3, 0.4) is 0 Å². The van der Waals surface area contributed by atoms with Crippen molar-refractivity contribution in [3.8, 4) is 0 Å². The number of aryl methyl sites for hydroxylation is 1. The maximum Gasteiger partial charge on any atom is 0.330 e. The molecular weight excluding hydrogens is 266 g/mol. The van der Waals surface area contributed by atoms with Crippen LogP contribution in [0.5, 0.6) is 0 Å². The van der Waals surface area contributed by atoms with Crippen LogP contribution in [0.1, 0.15) is 51.0 Å². The first-order valence-corrected chi connectivity index (χ1v) is 7.99. The molecule has 1 aromatic rings. The van der Waals surface area contributed by atoms with Crippen LogP contribution in [0.15, 0.2) is 15.8 Å². The van der Waals surface area contributed by atoms with E-state index >= 15 is 0 Å². The van der Waals surface area contributed by atoms with Gasteiger partial charge in [-0.3, -0.25) is 9.36 Å². The first-order chi connectivity index (χ1) is 10.0. The highest BCUT2D eigenvalue weighted by atomic mass is 16.2. The number of rotatable bonds is 4. The van der Waals surface area contributed by atoms with E-state index in [1.54, 1.807) is 13.2 Å². The minimum absolute atomic E-state index is 0.196. The summed E-state index contributed by atoms with van der Waals surface area (Å²) in [6.07, 6.45) is 9.54. The second-order valence-electron chi connectivity index (χ2n) is 6.33. The molecule has 5 heteroatoms. The molecule has 1 saturated carbocycles. The molecule has 1 fully saturated rings. The van der Waals surface area contributed by atoms with Crippen LogP contribution in [-0.2, 0) is 20.6 Å². The van der Waals surface area contributed by atoms with E-state index in [2.05, 4.69) is 12.2 Å². The van der Waals surface area contributed by atoms with Gasteiger partial charge in [-0.25, -0.2) is 4.79 Å². The minimum atomic E-state index is -0.277. The smallest absolute Gasteiger partial charge is 0.310 e. The molecule has 1 atom stereocenters. The number of aromatic nitrogens is 2. The first kappa shape index (κ1) is 16.0. The summed E-state index contributed by atoms with van der Waals surface area (Å²) in [5.74, 6) is 0.698. The van der Waals surface area contributed by atoms with Crippen molar-refractivity contribution in [2.75, 3.05) is 0 Å². The van der Waals surface area contributed by atoms with Crippen molar-refractivity contribution >= 4 is 0 Å².